The second kappa shape index (κ2) is 7.32. The van der Waals surface area contributed by atoms with Crippen LogP contribution >= 0.6 is 0 Å². The molecule has 0 spiro atoms. The highest BCUT2D eigenvalue weighted by Crippen LogP contribution is 2.19. The fourth-order valence-corrected chi connectivity index (χ4v) is 3.00. The molecule has 1 fully saturated rings. The smallest absolute Gasteiger partial charge is 0.410 e. The van der Waals surface area contributed by atoms with E-state index in [4.69, 9.17) is 19.0 Å². The van der Waals surface area contributed by atoms with Crippen molar-refractivity contribution in [1.82, 2.24) is 10.2 Å². The van der Waals surface area contributed by atoms with Crippen LogP contribution in [0, 0.1) is 0 Å². The lowest BCUT2D eigenvalue weighted by molar-refractivity contribution is 0.0252. The minimum absolute atomic E-state index is 0.138. The summed E-state index contributed by atoms with van der Waals surface area (Å²) in [5.74, 6) is 0.426. The van der Waals surface area contributed by atoms with Crippen LogP contribution in [0.4, 0.5) is 4.79 Å². The van der Waals surface area contributed by atoms with Crippen LogP contribution in [0.3, 0.4) is 0 Å². The van der Waals surface area contributed by atoms with Crippen molar-refractivity contribution in [3.8, 4) is 0 Å². The Hall–Kier alpha value is -1.62. The van der Waals surface area contributed by atoms with Gasteiger partial charge in [-0.25, -0.2) is 18.4 Å². The van der Waals surface area contributed by atoms with Gasteiger partial charge in [0.1, 0.15) is 11.4 Å². The Morgan fingerprint density at radius 1 is 1.40 bits per heavy atom. The molecule has 1 saturated heterocycles. The van der Waals surface area contributed by atoms with Crippen molar-refractivity contribution in [2.24, 2.45) is 5.14 Å². The van der Waals surface area contributed by atoms with Crippen molar-refractivity contribution in [1.29, 1.82) is 0 Å². The molecule has 2 heterocycles. The number of hydrogen-bond donors (Lipinski definition) is 2. The van der Waals surface area contributed by atoms with E-state index in [0.29, 0.717) is 18.8 Å². The summed E-state index contributed by atoms with van der Waals surface area (Å²) >= 11 is 0. The first-order valence-electron chi connectivity index (χ1n) is 7.85. The molecule has 0 saturated carbocycles. The number of nitrogens with zero attached hydrogens (tertiary/aromatic N) is 1. The molecule has 1 unspecified atom stereocenters. The van der Waals surface area contributed by atoms with Gasteiger partial charge >= 0.3 is 6.09 Å². The topological polar surface area (TPSA) is 124 Å². The van der Waals surface area contributed by atoms with Crippen LogP contribution in [0.15, 0.2) is 21.6 Å². The molecule has 9 nitrogen and oxygen atoms in total. The van der Waals surface area contributed by atoms with Gasteiger partial charge in [-0.2, -0.15) is 0 Å². The first kappa shape index (κ1) is 19.7. The Morgan fingerprint density at radius 3 is 2.60 bits per heavy atom. The largest absolute Gasteiger partial charge is 0.447 e. The van der Waals surface area contributed by atoms with Gasteiger partial charge < -0.3 is 24.1 Å². The Labute approximate surface area is 147 Å². The van der Waals surface area contributed by atoms with E-state index >= 15 is 0 Å². The number of carbonyl (C=O) groups is 1. The quantitative estimate of drug-likeness (QED) is 0.774. The Morgan fingerprint density at radius 2 is 2.08 bits per heavy atom. The summed E-state index contributed by atoms with van der Waals surface area (Å²) in [6.07, 6.45) is -0.603. The van der Waals surface area contributed by atoms with Gasteiger partial charge in [0.05, 0.1) is 25.2 Å². The fraction of sp³-hybridized carbons (Fsp3) is 0.667. The van der Waals surface area contributed by atoms with Crippen molar-refractivity contribution >= 4 is 16.1 Å². The van der Waals surface area contributed by atoms with Crippen molar-refractivity contribution in [2.45, 2.75) is 50.2 Å². The molecule has 3 N–H and O–H groups in total. The zero-order chi connectivity index (χ0) is 18.8. The highest BCUT2D eigenvalue weighted by atomic mass is 32.2. The molecule has 2 rings (SSSR count). The third-order valence-electron chi connectivity index (χ3n) is 3.68. The molecule has 0 aromatic carbocycles. The monoisotopic (exact) mass is 375 g/mol. The molecule has 10 heteroatoms. The van der Waals surface area contributed by atoms with Crippen molar-refractivity contribution in [3.63, 3.8) is 0 Å². The summed E-state index contributed by atoms with van der Waals surface area (Å²) in [7, 11) is -2.29. The number of hydrogen-bond acceptors (Lipinski definition) is 7. The van der Waals surface area contributed by atoms with E-state index in [2.05, 4.69) is 5.32 Å². The van der Waals surface area contributed by atoms with Crippen molar-refractivity contribution in [3.05, 3.63) is 17.9 Å². The van der Waals surface area contributed by atoms with Gasteiger partial charge in [0.25, 0.3) is 10.0 Å². The third-order valence-corrected chi connectivity index (χ3v) is 4.46. The van der Waals surface area contributed by atoms with Crippen LogP contribution in [0.25, 0.3) is 0 Å². The van der Waals surface area contributed by atoms with E-state index in [-0.39, 0.29) is 23.8 Å². The molecular weight excluding hydrogens is 350 g/mol. The maximum atomic E-state index is 12.2. The minimum Gasteiger partial charge on any atom is -0.447 e. The lowest BCUT2D eigenvalue weighted by Gasteiger charge is -2.24. The van der Waals surface area contributed by atoms with E-state index in [1.165, 1.54) is 12.1 Å². The number of nitrogens with one attached hydrogen (secondary N) is 1. The summed E-state index contributed by atoms with van der Waals surface area (Å²) < 4.78 is 38.4. The molecule has 1 aromatic heterocycles. The summed E-state index contributed by atoms with van der Waals surface area (Å²) in [5.41, 5.74) is -0.566. The molecule has 25 heavy (non-hydrogen) atoms. The molecule has 2 atom stereocenters. The number of methoxy groups -OCH3 is 1. The fourth-order valence-electron chi connectivity index (χ4n) is 2.52. The molecule has 0 radical (unpaired) electrons. The Bertz CT molecular complexity index is 709. The van der Waals surface area contributed by atoms with Gasteiger partial charge in [0, 0.05) is 13.7 Å². The van der Waals surface area contributed by atoms with Crippen LogP contribution in [0.2, 0.25) is 0 Å². The average Bonchev–Trinajstić information content (AvgIpc) is 3.09. The normalized spacial score (nSPS) is 21.6. The van der Waals surface area contributed by atoms with Crippen LogP contribution in [0.5, 0.6) is 0 Å². The zero-order valence-electron chi connectivity index (χ0n) is 14.8. The predicted octanol–water partition coefficient (Wildman–Crippen LogP) is 0.651. The summed E-state index contributed by atoms with van der Waals surface area (Å²) in [6, 6.07) is 2.71. The van der Waals surface area contributed by atoms with Crippen molar-refractivity contribution < 1.29 is 27.1 Å². The number of amides is 1. The molecule has 1 aliphatic rings. The van der Waals surface area contributed by atoms with Crippen LogP contribution in [0.1, 0.15) is 26.5 Å². The van der Waals surface area contributed by atoms with E-state index in [1.807, 2.05) is 20.8 Å². The maximum Gasteiger partial charge on any atom is 0.410 e. The Kier molecular flexibility index (Phi) is 5.77. The average molecular weight is 375 g/mol. The Balaban J connectivity index is 1.95. The summed E-state index contributed by atoms with van der Waals surface area (Å²) in [4.78, 5) is 13.8. The second-order valence-electron chi connectivity index (χ2n) is 6.91. The van der Waals surface area contributed by atoms with E-state index < -0.39 is 21.7 Å². The number of rotatable bonds is 5. The molecule has 142 valence electrons. The molecular formula is C15H25N3O6S. The lowest BCUT2D eigenvalue weighted by Crippen LogP contribution is -2.40. The van der Waals surface area contributed by atoms with Crippen LogP contribution < -0.4 is 10.5 Å². The van der Waals surface area contributed by atoms with Gasteiger partial charge in [-0.05, 0) is 32.9 Å². The number of sulfonamides is 1. The first-order chi connectivity index (χ1) is 11.5. The van der Waals surface area contributed by atoms with Crippen LogP contribution in [-0.4, -0.2) is 57.4 Å². The SMILES string of the molecule is CO[C@H]1CN(C(=O)OC(C)(C)C)CC1NCc1ccc(S(N)(=O)=O)o1. The standard InChI is InChI=1S/C15H25N3O6S/c1-15(2,3)24-14(19)18-8-11(12(9-18)22-4)17-7-10-5-6-13(23-10)25(16,20)21/h5-6,11-12,17H,7-9H2,1-4H3,(H2,16,20,21)/t11?,12-/m0/s1. The van der Waals surface area contributed by atoms with E-state index in [1.54, 1.807) is 12.0 Å². The number of likely N-dealkylation sites (tertiary alicyclic amines) is 1. The predicted molar refractivity (Wildman–Crippen MR) is 89.3 cm³/mol. The van der Waals surface area contributed by atoms with E-state index in [0.717, 1.165) is 0 Å². The highest BCUT2D eigenvalue weighted by molar-refractivity contribution is 7.89. The van der Waals surface area contributed by atoms with E-state index in [9.17, 15) is 13.2 Å². The van der Waals surface area contributed by atoms with Gasteiger partial charge in [-0.3, -0.25) is 0 Å². The first-order valence-corrected chi connectivity index (χ1v) is 9.40. The number of furan rings is 1. The van der Waals surface area contributed by atoms with Crippen LogP contribution in [-0.2, 0) is 26.0 Å². The van der Waals surface area contributed by atoms with Gasteiger partial charge in [-0.1, -0.05) is 0 Å². The molecule has 1 amide bonds. The molecule has 0 aliphatic carbocycles. The second-order valence-corrected chi connectivity index (χ2v) is 8.41. The van der Waals surface area contributed by atoms with Crippen molar-refractivity contribution in [2.75, 3.05) is 20.2 Å². The highest BCUT2D eigenvalue weighted by Gasteiger charge is 2.37. The zero-order valence-corrected chi connectivity index (χ0v) is 15.6. The summed E-state index contributed by atoms with van der Waals surface area (Å²) in [6.45, 7) is 6.53. The maximum absolute atomic E-state index is 12.2. The number of nitrogens with two attached hydrogens (primary N) is 1. The lowest BCUT2D eigenvalue weighted by atomic mass is 10.2. The molecule has 1 aromatic rings. The number of carbonyl (C=O) groups excluding carboxylic acids is 1. The minimum atomic E-state index is -3.86. The third kappa shape index (κ3) is 5.43. The number of primary sulfonamides is 1. The summed E-state index contributed by atoms with van der Waals surface area (Å²) in [5, 5.41) is 7.94. The van der Waals surface area contributed by atoms with Gasteiger partial charge in [0.15, 0.2) is 0 Å². The van der Waals surface area contributed by atoms with Gasteiger partial charge in [0.2, 0.25) is 5.09 Å². The number of ether oxygens (including phenoxy) is 2. The van der Waals surface area contributed by atoms with Gasteiger partial charge in [-0.15, -0.1) is 0 Å². The molecule has 1 aliphatic heterocycles. The molecule has 0 bridgehead atoms.